The van der Waals surface area contributed by atoms with Gasteiger partial charge in [0.2, 0.25) is 0 Å². The number of carbonyl (C=O) groups excluding carboxylic acids is 3. The Morgan fingerprint density at radius 3 is 2.17 bits per heavy atom. The summed E-state index contributed by atoms with van der Waals surface area (Å²) in [6.45, 7) is 5.73. The first-order chi connectivity index (χ1) is 14.0. The number of rotatable bonds is 8. The van der Waals surface area contributed by atoms with Crippen LogP contribution in [0.5, 0.6) is 5.75 Å². The normalized spacial score (nSPS) is 13.2. The first-order valence-electron chi connectivity index (χ1n) is 9.29. The Hall–Kier alpha value is -3.00. The molecule has 8 heteroatoms. The molecule has 0 aliphatic rings. The molecule has 0 saturated carbocycles. The number of sulfone groups is 1. The van der Waals surface area contributed by atoms with Gasteiger partial charge >= 0.3 is 11.9 Å². The molecule has 2 aromatic carbocycles. The van der Waals surface area contributed by atoms with E-state index in [0.717, 1.165) is 5.56 Å². The van der Waals surface area contributed by atoms with E-state index in [4.69, 9.17) is 9.47 Å². The summed E-state index contributed by atoms with van der Waals surface area (Å²) >= 11 is 0. The number of esters is 2. The zero-order chi connectivity index (χ0) is 22.5. The Labute approximate surface area is 175 Å². The average molecular weight is 432 g/mol. The van der Waals surface area contributed by atoms with Crippen LogP contribution < -0.4 is 4.74 Å². The summed E-state index contributed by atoms with van der Waals surface area (Å²) in [5.41, 5.74) is 1.05. The van der Waals surface area contributed by atoms with Gasteiger partial charge in [-0.15, -0.1) is 0 Å². The molecular weight excluding hydrogens is 408 g/mol. The van der Waals surface area contributed by atoms with E-state index in [1.54, 1.807) is 12.1 Å². The van der Waals surface area contributed by atoms with Crippen molar-refractivity contribution in [2.45, 2.75) is 38.7 Å². The van der Waals surface area contributed by atoms with Crippen molar-refractivity contribution in [2.75, 3.05) is 5.75 Å². The lowest BCUT2D eigenvalue weighted by molar-refractivity contribution is -0.146. The highest BCUT2D eigenvalue weighted by Crippen LogP contribution is 2.24. The molecule has 0 aliphatic heterocycles. The molecule has 2 rings (SSSR count). The third kappa shape index (κ3) is 6.25. The predicted octanol–water partition coefficient (Wildman–Crippen LogP) is 3.14. The van der Waals surface area contributed by atoms with E-state index in [2.05, 4.69) is 0 Å². The van der Waals surface area contributed by atoms with Crippen molar-refractivity contribution in [1.82, 2.24) is 0 Å². The topological polar surface area (TPSA) is 104 Å². The van der Waals surface area contributed by atoms with Gasteiger partial charge in [-0.1, -0.05) is 29.8 Å². The Bertz CT molecular complexity index is 1040. The minimum atomic E-state index is -3.84. The van der Waals surface area contributed by atoms with Crippen molar-refractivity contribution in [2.24, 2.45) is 5.92 Å². The molecule has 160 valence electrons. The maximum absolute atomic E-state index is 13.2. The van der Waals surface area contributed by atoms with E-state index in [0.29, 0.717) is 0 Å². The Morgan fingerprint density at radius 2 is 1.60 bits per heavy atom. The second kappa shape index (κ2) is 9.67. The van der Waals surface area contributed by atoms with E-state index in [1.165, 1.54) is 57.2 Å². The fourth-order valence-electron chi connectivity index (χ4n) is 2.94. The molecule has 0 N–H and O–H groups in total. The highest BCUT2D eigenvalue weighted by atomic mass is 32.2. The second-order valence-corrected chi connectivity index (χ2v) is 9.04. The lowest BCUT2D eigenvalue weighted by Gasteiger charge is -2.23. The number of aryl methyl sites for hydroxylation is 1. The predicted molar refractivity (Wildman–Crippen MR) is 110 cm³/mol. The van der Waals surface area contributed by atoms with E-state index < -0.39 is 45.3 Å². The number of Topliss-reactive ketones (excluding diaryl/α,β-unsaturated/α-hetero) is 1. The average Bonchev–Trinajstić information content (AvgIpc) is 2.65. The van der Waals surface area contributed by atoms with Crippen molar-refractivity contribution >= 4 is 27.6 Å². The number of ketones is 1. The molecule has 0 bridgehead atoms. The second-order valence-electron chi connectivity index (χ2n) is 7.00. The van der Waals surface area contributed by atoms with Crippen LogP contribution in [0.1, 0.15) is 36.7 Å². The lowest BCUT2D eigenvalue weighted by Crippen LogP contribution is -2.35. The molecule has 7 nitrogen and oxygen atoms in total. The van der Waals surface area contributed by atoms with E-state index in [1.807, 2.05) is 6.92 Å². The van der Waals surface area contributed by atoms with Gasteiger partial charge in [0.05, 0.1) is 16.6 Å². The molecule has 0 spiro atoms. The van der Waals surface area contributed by atoms with Crippen LogP contribution in [0.25, 0.3) is 0 Å². The van der Waals surface area contributed by atoms with Crippen LogP contribution in [0.4, 0.5) is 0 Å². The van der Waals surface area contributed by atoms with Gasteiger partial charge in [0.25, 0.3) is 0 Å². The zero-order valence-electron chi connectivity index (χ0n) is 17.2. The van der Waals surface area contributed by atoms with Crippen molar-refractivity contribution in [1.29, 1.82) is 0 Å². The minimum absolute atomic E-state index is 0.0783. The quantitative estimate of drug-likeness (QED) is 0.358. The molecule has 0 amide bonds. The highest BCUT2D eigenvalue weighted by Gasteiger charge is 2.34. The smallest absolute Gasteiger partial charge is 0.308 e. The van der Waals surface area contributed by atoms with Gasteiger partial charge in [-0.25, -0.2) is 8.42 Å². The Kier molecular flexibility index (Phi) is 7.50. The summed E-state index contributed by atoms with van der Waals surface area (Å²) in [6, 6.07) is 12.2. The van der Waals surface area contributed by atoms with E-state index >= 15 is 0 Å². The maximum atomic E-state index is 13.2. The van der Waals surface area contributed by atoms with Gasteiger partial charge in [-0.05, 0) is 38.1 Å². The van der Waals surface area contributed by atoms with Crippen molar-refractivity contribution in [3.63, 3.8) is 0 Å². The summed E-state index contributed by atoms with van der Waals surface area (Å²) in [4.78, 5) is 35.9. The summed E-state index contributed by atoms with van der Waals surface area (Å²) in [6.07, 6.45) is -0.979. The first-order valence-corrected chi connectivity index (χ1v) is 10.9. The summed E-state index contributed by atoms with van der Waals surface area (Å²) in [5, 5.41) is 0. The first kappa shape index (κ1) is 23.3. The maximum Gasteiger partial charge on any atom is 0.308 e. The number of hydrogen-bond acceptors (Lipinski definition) is 7. The zero-order valence-corrected chi connectivity index (χ0v) is 18.1. The monoisotopic (exact) mass is 432 g/mol. The molecule has 2 aromatic rings. The molecular formula is C22H24O7S. The van der Waals surface area contributed by atoms with Gasteiger partial charge < -0.3 is 9.47 Å². The van der Waals surface area contributed by atoms with Crippen molar-refractivity contribution in [3.05, 3.63) is 59.7 Å². The highest BCUT2D eigenvalue weighted by molar-refractivity contribution is 7.91. The molecule has 0 aliphatic carbocycles. The molecule has 0 unspecified atom stereocenters. The van der Waals surface area contributed by atoms with Crippen LogP contribution in [0.3, 0.4) is 0 Å². The molecule has 30 heavy (non-hydrogen) atoms. The van der Waals surface area contributed by atoms with E-state index in [9.17, 15) is 22.8 Å². The molecule has 0 radical (unpaired) electrons. The van der Waals surface area contributed by atoms with Crippen LogP contribution in [0.15, 0.2) is 53.4 Å². The molecule has 0 heterocycles. The van der Waals surface area contributed by atoms with Crippen LogP contribution in [-0.4, -0.2) is 38.0 Å². The van der Waals surface area contributed by atoms with Crippen LogP contribution in [0, 0.1) is 12.8 Å². The third-order valence-electron chi connectivity index (χ3n) is 4.41. The fraction of sp³-hybridized carbons (Fsp3) is 0.318. The van der Waals surface area contributed by atoms with Crippen LogP contribution in [-0.2, 0) is 24.2 Å². The van der Waals surface area contributed by atoms with Gasteiger partial charge in [0.1, 0.15) is 11.9 Å². The number of benzene rings is 2. The van der Waals surface area contributed by atoms with Gasteiger partial charge in [0.15, 0.2) is 15.6 Å². The van der Waals surface area contributed by atoms with Gasteiger partial charge in [0, 0.05) is 19.4 Å². The minimum Gasteiger partial charge on any atom is -0.462 e. The fourth-order valence-corrected chi connectivity index (χ4v) is 4.58. The largest absolute Gasteiger partial charge is 0.462 e. The lowest BCUT2D eigenvalue weighted by atomic mass is 9.94. The van der Waals surface area contributed by atoms with Crippen LogP contribution in [0.2, 0.25) is 0 Å². The van der Waals surface area contributed by atoms with Crippen molar-refractivity contribution in [3.8, 4) is 5.75 Å². The summed E-state index contributed by atoms with van der Waals surface area (Å²) in [5.74, 6) is -3.23. The summed E-state index contributed by atoms with van der Waals surface area (Å²) < 4.78 is 36.0. The molecule has 0 aromatic heterocycles. The third-order valence-corrected chi connectivity index (χ3v) is 6.20. The molecule has 2 atom stereocenters. The number of ether oxygens (including phenoxy) is 2. The Balaban J connectivity index is 2.39. The van der Waals surface area contributed by atoms with Crippen LogP contribution >= 0.6 is 0 Å². The molecule has 0 saturated heterocycles. The summed E-state index contributed by atoms with van der Waals surface area (Å²) in [7, 11) is -3.84. The SMILES string of the molecule is CC(=O)Oc1cccc(C(=O)[C@H](CS(=O)(=O)c2ccc(C)cc2)[C@H](C)OC(C)=O)c1. The van der Waals surface area contributed by atoms with Gasteiger partial charge in [-0.2, -0.15) is 0 Å². The number of carbonyl (C=O) groups is 3. The number of hydrogen-bond donors (Lipinski definition) is 0. The van der Waals surface area contributed by atoms with Gasteiger partial charge in [-0.3, -0.25) is 14.4 Å². The standard InChI is InChI=1S/C22H24O7S/c1-14-8-10-20(11-9-14)30(26,27)13-21(15(2)28-16(3)23)22(25)18-6-5-7-19(12-18)29-17(4)24/h5-12,15,21H,13H2,1-4H3/t15-,21+/m0/s1. The molecule has 0 fully saturated rings. The van der Waals surface area contributed by atoms with E-state index in [-0.39, 0.29) is 16.2 Å². The van der Waals surface area contributed by atoms with Crippen molar-refractivity contribution < 1.29 is 32.3 Å². The Morgan fingerprint density at radius 1 is 0.967 bits per heavy atom.